The minimum absolute atomic E-state index is 0.00640. The highest BCUT2D eigenvalue weighted by Crippen LogP contribution is 2.23. The van der Waals surface area contributed by atoms with Crippen molar-refractivity contribution in [3.63, 3.8) is 0 Å². The minimum Gasteiger partial charge on any atom is -0.374 e. The van der Waals surface area contributed by atoms with E-state index in [1.54, 1.807) is 0 Å². The second-order valence-corrected chi connectivity index (χ2v) is 3.63. The lowest BCUT2D eigenvalue weighted by Gasteiger charge is -2.15. The maximum absolute atomic E-state index is 8.55. The Balaban J connectivity index is 2.70. The number of benzene rings is 1. The average molecular weight is 224 g/mol. The molecule has 0 amide bonds. The molecule has 15 heavy (non-hydrogen) atoms. The first-order valence-corrected chi connectivity index (χ1v) is 5.39. The van der Waals surface area contributed by atoms with Crippen LogP contribution in [0.4, 0.5) is 0 Å². The van der Waals surface area contributed by atoms with Gasteiger partial charge in [0.15, 0.2) is 0 Å². The van der Waals surface area contributed by atoms with Gasteiger partial charge in [0.2, 0.25) is 0 Å². The van der Waals surface area contributed by atoms with Crippen LogP contribution in [-0.2, 0) is 4.74 Å². The summed E-state index contributed by atoms with van der Waals surface area (Å²) in [5.41, 5.74) is 1.08. The van der Waals surface area contributed by atoms with E-state index in [0.717, 1.165) is 12.0 Å². The molecule has 3 heteroatoms. The van der Waals surface area contributed by atoms with Crippen LogP contribution < -0.4 is 0 Å². The highest BCUT2D eigenvalue weighted by molar-refractivity contribution is 6.30. The third kappa shape index (κ3) is 3.91. The van der Waals surface area contributed by atoms with Crippen LogP contribution in [-0.4, -0.2) is 6.61 Å². The van der Waals surface area contributed by atoms with Gasteiger partial charge in [0.25, 0.3) is 0 Å². The maximum atomic E-state index is 8.55. The van der Waals surface area contributed by atoms with Gasteiger partial charge in [-0.25, -0.2) is 0 Å². The van der Waals surface area contributed by atoms with Crippen molar-refractivity contribution in [3.8, 4) is 6.07 Å². The van der Waals surface area contributed by atoms with Crippen LogP contribution in [0, 0.1) is 11.3 Å². The van der Waals surface area contributed by atoms with Crippen LogP contribution >= 0.6 is 11.6 Å². The van der Waals surface area contributed by atoms with Gasteiger partial charge in [-0.1, -0.05) is 23.7 Å². The molecule has 1 rings (SSSR count). The van der Waals surface area contributed by atoms with Crippen LogP contribution in [0.2, 0.25) is 5.02 Å². The zero-order chi connectivity index (χ0) is 11.1. The van der Waals surface area contributed by atoms with Gasteiger partial charge < -0.3 is 4.74 Å². The fourth-order valence-corrected chi connectivity index (χ4v) is 1.55. The third-order valence-corrected chi connectivity index (χ3v) is 2.38. The summed E-state index contributed by atoms with van der Waals surface area (Å²) in [6.07, 6.45) is 1.24. The summed E-state index contributed by atoms with van der Waals surface area (Å²) >= 11 is 5.80. The number of hydrogen-bond acceptors (Lipinski definition) is 2. The van der Waals surface area contributed by atoms with Crippen LogP contribution in [0.3, 0.4) is 0 Å². The van der Waals surface area contributed by atoms with Crippen molar-refractivity contribution in [1.82, 2.24) is 0 Å². The molecule has 0 heterocycles. The van der Waals surface area contributed by atoms with Crippen molar-refractivity contribution in [2.24, 2.45) is 0 Å². The highest BCUT2D eigenvalue weighted by atomic mass is 35.5. The SMILES string of the molecule is CCOC(CCC#N)c1ccc(Cl)cc1. The average Bonchev–Trinajstić information content (AvgIpc) is 2.25. The molecule has 0 spiro atoms. The highest BCUT2D eigenvalue weighted by Gasteiger charge is 2.10. The smallest absolute Gasteiger partial charge is 0.0834 e. The number of halogens is 1. The van der Waals surface area contributed by atoms with E-state index in [-0.39, 0.29) is 6.10 Å². The van der Waals surface area contributed by atoms with Crippen molar-refractivity contribution in [2.75, 3.05) is 6.61 Å². The zero-order valence-corrected chi connectivity index (χ0v) is 9.50. The van der Waals surface area contributed by atoms with Crippen LogP contribution in [0.5, 0.6) is 0 Å². The van der Waals surface area contributed by atoms with Crippen molar-refractivity contribution in [3.05, 3.63) is 34.9 Å². The second-order valence-electron chi connectivity index (χ2n) is 3.19. The molecule has 0 saturated heterocycles. The fourth-order valence-electron chi connectivity index (χ4n) is 1.42. The summed E-state index contributed by atoms with van der Waals surface area (Å²) in [4.78, 5) is 0. The molecule has 0 aliphatic rings. The molecule has 0 aliphatic carbocycles. The van der Waals surface area contributed by atoms with E-state index in [9.17, 15) is 0 Å². The van der Waals surface area contributed by atoms with Gasteiger partial charge in [-0.15, -0.1) is 0 Å². The Bertz CT molecular complexity index is 328. The molecular weight excluding hydrogens is 210 g/mol. The lowest BCUT2D eigenvalue weighted by Crippen LogP contribution is -2.03. The lowest BCUT2D eigenvalue weighted by atomic mass is 10.1. The Kier molecular flexibility index (Phi) is 5.17. The predicted molar refractivity (Wildman–Crippen MR) is 60.7 cm³/mol. The second kappa shape index (κ2) is 6.44. The summed E-state index contributed by atoms with van der Waals surface area (Å²) in [5.74, 6) is 0. The molecule has 1 aromatic carbocycles. The molecule has 1 unspecified atom stereocenters. The standard InChI is InChI=1S/C12H14ClNO/c1-2-15-12(4-3-9-14)10-5-7-11(13)8-6-10/h5-8,12H,2-4H2,1H3. The Morgan fingerprint density at radius 3 is 2.60 bits per heavy atom. The molecule has 0 fully saturated rings. The molecule has 0 aliphatic heterocycles. The predicted octanol–water partition coefficient (Wildman–Crippen LogP) is 3.72. The van der Waals surface area contributed by atoms with Crippen LogP contribution in [0.1, 0.15) is 31.4 Å². The first-order valence-electron chi connectivity index (χ1n) is 5.02. The number of nitrogens with zero attached hydrogens (tertiary/aromatic N) is 1. The summed E-state index contributed by atoms with van der Waals surface area (Å²) in [5, 5.41) is 9.26. The van der Waals surface area contributed by atoms with E-state index in [0.29, 0.717) is 18.1 Å². The Hall–Kier alpha value is -1.04. The van der Waals surface area contributed by atoms with E-state index in [1.165, 1.54) is 0 Å². The van der Waals surface area contributed by atoms with Crippen molar-refractivity contribution >= 4 is 11.6 Å². The molecule has 1 atom stereocenters. The van der Waals surface area contributed by atoms with Crippen LogP contribution in [0.15, 0.2) is 24.3 Å². The monoisotopic (exact) mass is 223 g/mol. The van der Waals surface area contributed by atoms with Gasteiger partial charge in [0.05, 0.1) is 12.2 Å². The normalized spacial score (nSPS) is 12.1. The summed E-state index contributed by atoms with van der Waals surface area (Å²) in [6.45, 7) is 2.61. The van der Waals surface area contributed by atoms with Gasteiger partial charge in [-0.05, 0) is 31.0 Å². The number of nitriles is 1. The van der Waals surface area contributed by atoms with E-state index in [1.807, 2.05) is 31.2 Å². The van der Waals surface area contributed by atoms with E-state index >= 15 is 0 Å². The maximum Gasteiger partial charge on any atom is 0.0834 e. The van der Waals surface area contributed by atoms with Gasteiger partial charge in [-0.2, -0.15) is 5.26 Å². The molecule has 0 aromatic heterocycles. The molecule has 0 saturated carbocycles. The summed E-state index contributed by atoms with van der Waals surface area (Å²) in [6, 6.07) is 9.71. The first kappa shape index (κ1) is 12.0. The molecule has 0 N–H and O–H groups in total. The topological polar surface area (TPSA) is 33.0 Å². The summed E-state index contributed by atoms with van der Waals surface area (Å²) < 4.78 is 5.58. The molecule has 80 valence electrons. The fraction of sp³-hybridized carbons (Fsp3) is 0.417. The van der Waals surface area contributed by atoms with Gasteiger partial charge in [0.1, 0.15) is 0 Å². The van der Waals surface area contributed by atoms with E-state index in [2.05, 4.69) is 6.07 Å². The molecular formula is C12H14ClNO. The molecule has 0 radical (unpaired) electrons. The number of rotatable bonds is 5. The van der Waals surface area contributed by atoms with Gasteiger partial charge >= 0.3 is 0 Å². The van der Waals surface area contributed by atoms with Crippen molar-refractivity contribution in [2.45, 2.75) is 25.9 Å². The zero-order valence-electron chi connectivity index (χ0n) is 8.74. The third-order valence-electron chi connectivity index (χ3n) is 2.13. The van der Waals surface area contributed by atoms with Crippen molar-refractivity contribution < 1.29 is 4.74 Å². The first-order chi connectivity index (χ1) is 7.27. The Morgan fingerprint density at radius 1 is 1.40 bits per heavy atom. The minimum atomic E-state index is 0.00640. The molecule has 1 aromatic rings. The lowest BCUT2D eigenvalue weighted by molar-refractivity contribution is 0.0572. The Morgan fingerprint density at radius 2 is 2.07 bits per heavy atom. The van der Waals surface area contributed by atoms with Crippen molar-refractivity contribution in [1.29, 1.82) is 5.26 Å². The molecule has 2 nitrogen and oxygen atoms in total. The van der Waals surface area contributed by atoms with E-state index in [4.69, 9.17) is 21.6 Å². The van der Waals surface area contributed by atoms with Gasteiger partial charge in [0, 0.05) is 18.1 Å². The largest absolute Gasteiger partial charge is 0.374 e. The molecule has 0 bridgehead atoms. The van der Waals surface area contributed by atoms with E-state index < -0.39 is 0 Å². The number of hydrogen-bond donors (Lipinski definition) is 0. The van der Waals surface area contributed by atoms with Crippen LogP contribution in [0.25, 0.3) is 0 Å². The quantitative estimate of drug-likeness (QED) is 0.762. The van der Waals surface area contributed by atoms with Gasteiger partial charge in [-0.3, -0.25) is 0 Å². The summed E-state index contributed by atoms with van der Waals surface area (Å²) in [7, 11) is 0. The Labute approximate surface area is 95.4 Å². The number of ether oxygens (including phenoxy) is 1.